The number of allylic oxidation sites excluding steroid dienone is 10. The van der Waals surface area contributed by atoms with Gasteiger partial charge in [0.25, 0.3) is 0 Å². The molecule has 0 saturated heterocycles. The highest BCUT2D eigenvalue weighted by molar-refractivity contribution is 5.84. The van der Waals surface area contributed by atoms with Gasteiger partial charge >= 0.3 is 11.9 Å². The summed E-state index contributed by atoms with van der Waals surface area (Å²) < 4.78 is 10.0. The normalized spacial score (nSPS) is 15.4. The third-order valence-electron chi connectivity index (χ3n) is 6.83. The number of aromatic nitrogens is 2. The SMILES string of the molecule is CC/C=C\C/C=C\C/C=C\C/C=C\C/C=C\CCCC(=O)OC[C@@H](O)[C@@H](O)[C@H](O)[C@H](O)COC(=O)[C@H](Cc1cnc[nH]1)NC(=O)CCN. The van der Waals surface area contributed by atoms with E-state index in [1.165, 1.54) is 12.5 Å². The molecule has 8 N–H and O–H groups in total. The maximum Gasteiger partial charge on any atom is 0.329 e. The van der Waals surface area contributed by atoms with Crippen LogP contribution >= 0.6 is 0 Å². The summed E-state index contributed by atoms with van der Waals surface area (Å²) in [5.41, 5.74) is 5.92. The molecule has 5 atom stereocenters. The van der Waals surface area contributed by atoms with Crippen LogP contribution in [0.4, 0.5) is 0 Å². The molecular weight excluding hydrogens is 620 g/mol. The second kappa shape index (κ2) is 27.1. The number of nitrogens with two attached hydrogens (primary N) is 1. The van der Waals surface area contributed by atoms with Crippen LogP contribution in [-0.2, 0) is 30.3 Å². The minimum Gasteiger partial charge on any atom is -0.463 e. The van der Waals surface area contributed by atoms with Gasteiger partial charge in [0.15, 0.2) is 0 Å². The number of hydrogen-bond acceptors (Lipinski definition) is 11. The summed E-state index contributed by atoms with van der Waals surface area (Å²) in [6.07, 6.45) is 22.5. The first kappa shape index (κ1) is 42.1. The summed E-state index contributed by atoms with van der Waals surface area (Å²) in [6.45, 7) is 0.841. The highest BCUT2D eigenvalue weighted by atomic mass is 16.6. The minimum absolute atomic E-state index is 0.0167. The van der Waals surface area contributed by atoms with Gasteiger partial charge in [0.2, 0.25) is 5.91 Å². The first-order valence-corrected chi connectivity index (χ1v) is 16.5. The number of amides is 1. The largest absolute Gasteiger partial charge is 0.463 e. The van der Waals surface area contributed by atoms with E-state index in [0.717, 1.165) is 32.1 Å². The molecule has 0 aliphatic carbocycles. The Labute approximate surface area is 283 Å². The van der Waals surface area contributed by atoms with E-state index in [2.05, 4.69) is 70.8 Å². The van der Waals surface area contributed by atoms with Gasteiger partial charge in [-0.1, -0.05) is 67.7 Å². The maximum absolute atomic E-state index is 12.6. The van der Waals surface area contributed by atoms with E-state index < -0.39 is 61.5 Å². The summed E-state index contributed by atoms with van der Waals surface area (Å²) in [5, 5.41) is 43.4. The highest BCUT2D eigenvalue weighted by Gasteiger charge is 2.33. The highest BCUT2D eigenvalue weighted by Crippen LogP contribution is 2.09. The Morgan fingerprint density at radius 2 is 1.38 bits per heavy atom. The van der Waals surface area contributed by atoms with E-state index in [-0.39, 0.29) is 25.8 Å². The lowest BCUT2D eigenvalue weighted by Crippen LogP contribution is -2.49. The molecule has 1 heterocycles. The fourth-order valence-electron chi connectivity index (χ4n) is 4.11. The first-order valence-electron chi connectivity index (χ1n) is 16.5. The van der Waals surface area contributed by atoms with Crippen molar-refractivity contribution in [3.8, 4) is 0 Å². The molecule has 0 aliphatic heterocycles. The van der Waals surface area contributed by atoms with Crippen molar-refractivity contribution in [2.75, 3.05) is 19.8 Å². The van der Waals surface area contributed by atoms with Gasteiger partial charge in [0.1, 0.15) is 43.7 Å². The van der Waals surface area contributed by atoms with Crippen LogP contribution in [0, 0.1) is 0 Å². The standard InChI is InChI=1S/C35H54N4O9/c1-2-3-4-5-6-7-8-9-10-11-12-13-14-15-16-17-18-19-32(43)47-24-29(40)33(44)34(45)30(41)25-48-35(46)28(39-31(42)20-21-36)22-27-23-37-26-38-27/h3-4,6-7,9-10,12-13,15-16,23,26,28-30,33-34,40-41,44-45H,2,5,8,11,14,17-22,24-25,36H2,1H3,(H,37,38)(H,39,42)/b4-3-,7-6-,10-9-,13-12-,16-15-/t28-,29+,30+,33+,34+/m0/s1. The van der Waals surface area contributed by atoms with Gasteiger partial charge in [-0.2, -0.15) is 0 Å². The van der Waals surface area contributed by atoms with Crippen LogP contribution in [0.5, 0.6) is 0 Å². The van der Waals surface area contributed by atoms with Crippen molar-refractivity contribution in [2.24, 2.45) is 5.73 Å². The zero-order chi connectivity index (χ0) is 35.4. The second-order valence-electron chi connectivity index (χ2n) is 11.0. The summed E-state index contributed by atoms with van der Waals surface area (Å²) in [7, 11) is 0. The lowest BCUT2D eigenvalue weighted by atomic mass is 10.0. The molecule has 1 rings (SSSR count). The fourth-order valence-corrected chi connectivity index (χ4v) is 4.11. The van der Waals surface area contributed by atoms with Gasteiger partial charge in [-0.25, -0.2) is 9.78 Å². The van der Waals surface area contributed by atoms with Gasteiger partial charge < -0.3 is 45.9 Å². The molecule has 13 heteroatoms. The topological polar surface area (TPSA) is 217 Å². The second-order valence-corrected chi connectivity index (χ2v) is 11.0. The lowest BCUT2D eigenvalue weighted by molar-refractivity contribution is -0.164. The Morgan fingerprint density at radius 3 is 1.90 bits per heavy atom. The monoisotopic (exact) mass is 674 g/mol. The molecule has 0 fully saturated rings. The van der Waals surface area contributed by atoms with Crippen LogP contribution in [0.1, 0.15) is 70.4 Å². The van der Waals surface area contributed by atoms with Crippen molar-refractivity contribution in [1.29, 1.82) is 0 Å². The van der Waals surface area contributed by atoms with Crippen LogP contribution in [0.15, 0.2) is 73.3 Å². The molecule has 0 radical (unpaired) electrons. The Morgan fingerprint density at radius 1 is 0.833 bits per heavy atom. The van der Waals surface area contributed by atoms with Gasteiger partial charge in [-0.05, 0) is 44.9 Å². The number of unbranched alkanes of at least 4 members (excludes halogenated alkanes) is 1. The quantitative estimate of drug-likeness (QED) is 0.0429. The number of rotatable bonds is 26. The number of aromatic amines is 1. The number of nitrogens with one attached hydrogen (secondary N) is 2. The van der Waals surface area contributed by atoms with E-state index in [4.69, 9.17) is 15.2 Å². The number of imidazole rings is 1. The summed E-state index contributed by atoms with van der Waals surface area (Å²) in [6, 6.07) is -1.13. The van der Waals surface area contributed by atoms with Crippen LogP contribution in [0.3, 0.4) is 0 Å². The van der Waals surface area contributed by atoms with Crippen molar-refractivity contribution < 1.29 is 44.3 Å². The van der Waals surface area contributed by atoms with Gasteiger partial charge in [0, 0.05) is 37.7 Å². The molecule has 0 spiro atoms. The van der Waals surface area contributed by atoms with Gasteiger partial charge in [-0.3, -0.25) is 9.59 Å². The lowest BCUT2D eigenvalue weighted by Gasteiger charge is -2.26. The minimum atomic E-state index is -1.93. The van der Waals surface area contributed by atoms with Gasteiger partial charge in [-0.15, -0.1) is 0 Å². The number of aliphatic hydroxyl groups excluding tert-OH is 4. The first-order chi connectivity index (χ1) is 23.2. The van der Waals surface area contributed by atoms with E-state index >= 15 is 0 Å². The van der Waals surface area contributed by atoms with E-state index in [0.29, 0.717) is 18.5 Å². The average molecular weight is 675 g/mol. The third-order valence-corrected chi connectivity index (χ3v) is 6.83. The van der Waals surface area contributed by atoms with E-state index in [1.807, 2.05) is 12.2 Å². The van der Waals surface area contributed by atoms with Crippen molar-refractivity contribution in [3.63, 3.8) is 0 Å². The predicted octanol–water partition coefficient (Wildman–Crippen LogP) is 2.24. The number of carbonyl (C=O) groups is 3. The van der Waals surface area contributed by atoms with Crippen molar-refractivity contribution in [1.82, 2.24) is 15.3 Å². The Kier molecular flexibility index (Phi) is 23.8. The summed E-state index contributed by atoms with van der Waals surface area (Å²) >= 11 is 0. The molecule has 1 aromatic heterocycles. The molecule has 0 saturated carbocycles. The molecule has 268 valence electrons. The van der Waals surface area contributed by atoms with Crippen LogP contribution in [0.25, 0.3) is 0 Å². The van der Waals surface area contributed by atoms with Crippen LogP contribution < -0.4 is 11.1 Å². The maximum atomic E-state index is 12.6. The van der Waals surface area contributed by atoms with E-state index in [9.17, 15) is 34.8 Å². The Bertz CT molecular complexity index is 1160. The number of esters is 2. The van der Waals surface area contributed by atoms with E-state index in [1.54, 1.807) is 0 Å². The molecule has 0 bridgehead atoms. The predicted molar refractivity (Wildman–Crippen MR) is 182 cm³/mol. The number of nitrogens with zero attached hydrogens (tertiary/aromatic N) is 1. The molecule has 48 heavy (non-hydrogen) atoms. The Balaban J connectivity index is 2.28. The zero-order valence-corrected chi connectivity index (χ0v) is 27.9. The summed E-state index contributed by atoms with van der Waals surface area (Å²) in [5.74, 6) is -1.98. The average Bonchev–Trinajstić information content (AvgIpc) is 3.59. The number of ether oxygens (including phenoxy) is 2. The van der Waals surface area contributed by atoms with Crippen molar-refractivity contribution >= 4 is 17.8 Å². The molecule has 0 aliphatic rings. The zero-order valence-electron chi connectivity index (χ0n) is 27.9. The van der Waals surface area contributed by atoms with Crippen molar-refractivity contribution in [3.05, 3.63) is 79.0 Å². The van der Waals surface area contributed by atoms with Crippen molar-refractivity contribution in [2.45, 2.75) is 102 Å². The molecule has 0 aromatic carbocycles. The number of aliphatic hydroxyl groups is 4. The molecule has 0 unspecified atom stereocenters. The van der Waals surface area contributed by atoms with Gasteiger partial charge in [0.05, 0.1) is 6.33 Å². The van der Waals surface area contributed by atoms with Crippen LogP contribution in [0.2, 0.25) is 0 Å². The van der Waals surface area contributed by atoms with Crippen LogP contribution in [-0.4, -0.2) is 98.5 Å². The third kappa shape index (κ3) is 20.4. The molecule has 13 nitrogen and oxygen atoms in total. The number of hydrogen-bond donors (Lipinski definition) is 7. The number of carbonyl (C=O) groups excluding carboxylic acids is 3. The number of H-pyrrole nitrogens is 1. The molecule has 1 amide bonds. The summed E-state index contributed by atoms with van der Waals surface area (Å²) in [4.78, 5) is 43.3. The molecule has 1 aromatic rings. The molecular formula is C35H54N4O9. The smallest absolute Gasteiger partial charge is 0.329 e. The Hall–Kier alpha value is -3.88. The fraction of sp³-hybridized carbons (Fsp3) is 0.543.